The number of hydrogen-bond donors (Lipinski definition) is 1. The summed E-state index contributed by atoms with van der Waals surface area (Å²) >= 11 is 0. The number of carbonyl (C=O) groups is 1. The molecular weight excluding hydrogens is 266 g/mol. The Morgan fingerprint density at radius 2 is 2.19 bits per heavy atom. The van der Waals surface area contributed by atoms with Crippen molar-refractivity contribution < 1.29 is 9.53 Å². The van der Waals surface area contributed by atoms with Crippen molar-refractivity contribution in [2.45, 2.75) is 25.4 Å². The van der Waals surface area contributed by atoms with Crippen LogP contribution >= 0.6 is 0 Å². The van der Waals surface area contributed by atoms with Gasteiger partial charge in [-0.1, -0.05) is 18.2 Å². The number of urea groups is 1. The summed E-state index contributed by atoms with van der Waals surface area (Å²) in [6.07, 6.45) is 2.53. The third-order valence-electron chi connectivity index (χ3n) is 4.23. The van der Waals surface area contributed by atoms with Crippen molar-refractivity contribution in [3.05, 3.63) is 29.8 Å². The van der Waals surface area contributed by atoms with Crippen LogP contribution in [0.5, 0.6) is 5.75 Å². The molecule has 1 saturated heterocycles. The van der Waals surface area contributed by atoms with Crippen molar-refractivity contribution >= 4 is 6.03 Å². The van der Waals surface area contributed by atoms with E-state index in [0.29, 0.717) is 6.04 Å². The Morgan fingerprint density at radius 1 is 1.38 bits per heavy atom. The minimum Gasteiger partial charge on any atom is -0.496 e. The zero-order valence-corrected chi connectivity index (χ0v) is 12.5. The minimum absolute atomic E-state index is 0.0723. The van der Waals surface area contributed by atoms with Crippen LogP contribution in [-0.4, -0.2) is 55.2 Å². The largest absolute Gasteiger partial charge is 0.496 e. The average molecular weight is 289 g/mol. The van der Waals surface area contributed by atoms with Crippen molar-refractivity contribution in [3.63, 3.8) is 0 Å². The summed E-state index contributed by atoms with van der Waals surface area (Å²) in [7, 11) is 1.72. The topological polar surface area (TPSA) is 44.8 Å². The number of nitrogens with zero attached hydrogens (tertiary/aromatic N) is 2. The highest BCUT2D eigenvalue weighted by Gasteiger charge is 2.30. The van der Waals surface area contributed by atoms with Gasteiger partial charge in [-0.2, -0.15) is 0 Å². The average Bonchev–Trinajstić information content (AvgIpc) is 3.27. The molecular formula is C16H23N3O2. The second-order valence-corrected chi connectivity index (χ2v) is 5.73. The van der Waals surface area contributed by atoms with Crippen molar-refractivity contribution in [3.8, 4) is 5.75 Å². The van der Waals surface area contributed by atoms with Crippen molar-refractivity contribution in [1.82, 2.24) is 15.1 Å². The predicted molar refractivity (Wildman–Crippen MR) is 81.4 cm³/mol. The third-order valence-corrected chi connectivity index (χ3v) is 4.23. The van der Waals surface area contributed by atoms with E-state index in [4.69, 9.17) is 4.74 Å². The van der Waals surface area contributed by atoms with Gasteiger partial charge in [-0.15, -0.1) is 0 Å². The Morgan fingerprint density at radius 3 is 2.86 bits per heavy atom. The number of nitrogens with one attached hydrogen (secondary N) is 1. The molecule has 1 aliphatic heterocycles. The van der Waals surface area contributed by atoms with Crippen LogP contribution in [0.2, 0.25) is 0 Å². The Hall–Kier alpha value is -1.75. The lowest BCUT2D eigenvalue weighted by molar-refractivity contribution is 0.194. The number of para-hydroxylation sites is 1. The Kier molecular flexibility index (Phi) is 4.29. The van der Waals surface area contributed by atoms with Gasteiger partial charge in [-0.25, -0.2) is 4.79 Å². The van der Waals surface area contributed by atoms with Gasteiger partial charge in [0, 0.05) is 44.3 Å². The molecule has 1 aromatic carbocycles. The zero-order chi connectivity index (χ0) is 14.7. The van der Waals surface area contributed by atoms with E-state index >= 15 is 0 Å². The van der Waals surface area contributed by atoms with Crippen molar-refractivity contribution in [2.75, 3.05) is 33.3 Å². The first kappa shape index (κ1) is 14.2. The lowest BCUT2D eigenvalue weighted by Crippen LogP contribution is -2.37. The molecule has 0 radical (unpaired) electrons. The summed E-state index contributed by atoms with van der Waals surface area (Å²) < 4.78 is 5.44. The molecule has 2 amide bonds. The van der Waals surface area contributed by atoms with E-state index in [2.05, 4.69) is 22.3 Å². The highest BCUT2D eigenvalue weighted by Crippen LogP contribution is 2.30. The molecule has 2 aliphatic rings. The maximum atomic E-state index is 11.6. The molecule has 3 rings (SSSR count). The smallest absolute Gasteiger partial charge is 0.317 e. The lowest BCUT2D eigenvalue weighted by Gasteiger charge is -2.25. The summed E-state index contributed by atoms with van der Waals surface area (Å²) in [5.74, 6) is 0.946. The normalized spacial score (nSPS) is 18.2. The fraction of sp³-hybridized carbons (Fsp3) is 0.562. The fourth-order valence-electron chi connectivity index (χ4n) is 2.86. The molecule has 0 aromatic heterocycles. The monoisotopic (exact) mass is 289 g/mol. The van der Waals surface area contributed by atoms with Gasteiger partial charge >= 0.3 is 6.03 Å². The lowest BCUT2D eigenvalue weighted by atomic mass is 10.2. The molecule has 114 valence electrons. The van der Waals surface area contributed by atoms with Crippen LogP contribution in [0.15, 0.2) is 24.3 Å². The standard InChI is InChI=1S/C16H23N3O2/c1-21-15-5-3-2-4-13(15)12-19(14-6-7-14)11-10-18-9-8-17-16(18)20/h2-5,14H,6-12H2,1H3,(H,17,20). The van der Waals surface area contributed by atoms with Crippen LogP contribution in [0, 0.1) is 0 Å². The van der Waals surface area contributed by atoms with E-state index in [-0.39, 0.29) is 6.03 Å². The van der Waals surface area contributed by atoms with Crippen LogP contribution in [-0.2, 0) is 6.54 Å². The van der Waals surface area contributed by atoms with E-state index in [1.807, 2.05) is 17.0 Å². The number of carbonyl (C=O) groups excluding carboxylic acids is 1. The highest BCUT2D eigenvalue weighted by molar-refractivity contribution is 5.76. The van der Waals surface area contributed by atoms with Gasteiger partial charge in [0.1, 0.15) is 5.75 Å². The SMILES string of the molecule is COc1ccccc1CN(CCN1CCNC1=O)C1CC1. The van der Waals surface area contributed by atoms with Gasteiger partial charge in [-0.05, 0) is 18.9 Å². The van der Waals surface area contributed by atoms with Gasteiger partial charge in [0.2, 0.25) is 0 Å². The van der Waals surface area contributed by atoms with E-state index in [0.717, 1.165) is 38.5 Å². The number of rotatable bonds is 7. The molecule has 1 aromatic rings. The number of methoxy groups -OCH3 is 1. The first-order valence-corrected chi connectivity index (χ1v) is 7.66. The van der Waals surface area contributed by atoms with Crippen molar-refractivity contribution in [1.29, 1.82) is 0 Å². The Labute approximate surface area is 125 Å². The van der Waals surface area contributed by atoms with Crippen LogP contribution < -0.4 is 10.1 Å². The molecule has 0 bridgehead atoms. The number of ether oxygens (including phenoxy) is 1. The summed E-state index contributed by atoms with van der Waals surface area (Å²) in [5.41, 5.74) is 1.22. The molecule has 2 fully saturated rings. The quantitative estimate of drug-likeness (QED) is 0.831. The van der Waals surface area contributed by atoms with E-state index < -0.39 is 0 Å². The van der Waals surface area contributed by atoms with Gasteiger partial charge < -0.3 is 15.0 Å². The molecule has 1 aliphatic carbocycles. The van der Waals surface area contributed by atoms with Crippen LogP contribution in [0.4, 0.5) is 4.79 Å². The Balaban J connectivity index is 1.60. The van der Waals surface area contributed by atoms with E-state index in [1.165, 1.54) is 18.4 Å². The zero-order valence-electron chi connectivity index (χ0n) is 12.5. The molecule has 21 heavy (non-hydrogen) atoms. The Bertz CT molecular complexity index is 502. The van der Waals surface area contributed by atoms with Crippen molar-refractivity contribution in [2.24, 2.45) is 0 Å². The maximum Gasteiger partial charge on any atom is 0.317 e. The highest BCUT2D eigenvalue weighted by atomic mass is 16.5. The number of benzene rings is 1. The molecule has 0 spiro atoms. The van der Waals surface area contributed by atoms with Gasteiger partial charge in [0.25, 0.3) is 0 Å². The molecule has 5 heteroatoms. The maximum absolute atomic E-state index is 11.6. The molecule has 5 nitrogen and oxygen atoms in total. The van der Waals surface area contributed by atoms with Crippen LogP contribution in [0.1, 0.15) is 18.4 Å². The summed E-state index contributed by atoms with van der Waals surface area (Å²) in [4.78, 5) is 16.0. The summed E-state index contributed by atoms with van der Waals surface area (Å²) in [6, 6.07) is 8.92. The van der Waals surface area contributed by atoms with Gasteiger partial charge in [-0.3, -0.25) is 4.90 Å². The fourth-order valence-corrected chi connectivity index (χ4v) is 2.86. The molecule has 0 unspecified atom stereocenters. The van der Waals surface area contributed by atoms with E-state index in [1.54, 1.807) is 7.11 Å². The second-order valence-electron chi connectivity index (χ2n) is 5.73. The molecule has 1 N–H and O–H groups in total. The first-order valence-electron chi connectivity index (χ1n) is 7.66. The first-order chi connectivity index (χ1) is 10.3. The predicted octanol–water partition coefficient (Wildman–Crippen LogP) is 1.68. The number of amides is 2. The third kappa shape index (κ3) is 3.47. The van der Waals surface area contributed by atoms with E-state index in [9.17, 15) is 4.79 Å². The second kappa shape index (κ2) is 6.35. The van der Waals surface area contributed by atoms with Crippen LogP contribution in [0.3, 0.4) is 0 Å². The van der Waals surface area contributed by atoms with Gasteiger partial charge in [0.05, 0.1) is 7.11 Å². The minimum atomic E-state index is 0.0723. The van der Waals surface area contributed by atoms with Gasteiger partial charge in [0.15, 0.2) is 0 Å². The molecule has 1 saturated carbocycles. The number of hydrogen-bond acceptors (Lipinski definition) is 3. The molecule has 0 atom stereocenters. The van der Waals surface area contributed by atoms with Crippen LogP contribution in [0.25, 0.3) is 0 Å². The summed E-state index contributed by atoms with van der Waals surface area (Å²) in [6.45, 7) is 4.22. The summed E-state index contributed by atoms with van der Waals surface area (Å²) in [5, 5.41) is 2.85. The molecule has 1 heterocycles.